The smallest absolute Gasteiger partial charge is 0.0542 e. The van der Waals surface area contributed by atoms with Crippen LogP contribution in [0.4, 0.5) is 17.1 Å². The monoisotopic (exact) mass is 638 g/mol. The third kappa shape index (κ3) is 5.43. The average Bonchev–Trinajstić information content (AvgIpc) is 3.53. The van der Waals surface area contributed by atoms with Crippen molar-refractivity contribution < 1.29 is 0 Å². The molecule has 0 radical (unpaired) electrons. The van der Waals surface area contributed by atoms with Gasteiger partial charge in [-0.3, -0.25) is 0 Å². The number of para-hydroxylation sites is 2. The van der Waals surface area contributed by atoms with Gasteiger partial charge in [0.25, 0.3) is 0 Å². The highest BCUT2D eigenvalue weighted by molar-refractivity contribution is 6.10. The Hall–Kier alpha value is -6.64. The Labute approximate surface area is 292 Å². The first-order valence-electron chi connectivity index (χ1n) is 17.1. The van der Waals surface area contributed by atoms with Gasteiger partial charge in [0.15, 0.2) is 0 Å². The molecule has 50 heavy (non-hydrogen) atoms. The second kappa shape index (κ2) is 12.8. The maximum absolute atomic E-state index is 2.39. The highest BCUT2D eigenvalue weighted by atomic mass is 15.1. The number of fused-ring (bicyclic) bond motifs is 3. The summed E-state index contributed by atoms with van der Waals surface area (Å²) >= 11 is 0. The molecule has 2 heteroatoms. The van der Waals surface area contributed by atoms with Gasteiger partial charge in [-0.05, 0) is 94.0 Å². The lowest BCUT2D eigenvalue weighted by Crippen LogP contribution is -2.10. The summed E-state index contributed by atoms with van der Waals surface area (Å²) < 4.78 is 2.37. The molecule has 8 aromatic carbocycles. The summed E-state index contributed by atoms with van der Waals surface area (Å²) in [4.78, 5) is 2.39. The van der Waals surface area contributed by atoms with E-state index < -0.39 is 0 Å². The molecule has 9 rings (SSSR count). The van der Waals surface area contributed by atoms with Crippen molar-refractivity contribution in [2.45, 2.75) is 0 Å². The quantitative estimate of drug-likeness (QED) is 0.169. The number of nitrogens with zero attached hydrogens (tertiary/aromatic N) is 2. The highest BCUT2D eigenvalue weighted by Crippen LogP contribution is 2.41. The molecule has 9 aromatic rings. The second-order valence-corrected chi connectivity index (χ2v) is 12.6. The zero-order valence-corrected chi connectivity index (χ0v) is 27.5. The van der Waals surface area contributed by atoms with E-state index in [9.17, 15) is 0 Å². The minimum atomic E-state index is 1.10. The van der Waals surface area contributed by atoms with Gasteiger partial charge in [0, 0.05) is 33.5 Å². The van der Waals surface area contributed by atoms with E-state index in [0.717, 1.165) is 22.7 Å². The van der Waals surface area contributed by atoms with Gasteiger partial charge in [0.2, 0.25) is 0 Å². The lowest BCUT2D eigenvalue weighted by atomic mass is 9.99. The molecule has 0 amide bonds. The predicted molar refractivity (Wildman–Crippen MR) is 212 cm³/mol. The zero-order valence-electron chi connectivity index (χ0n) is 27.5. The van der Waals surface area contributed by atoms with Crippen molar-refractivity contribution in [2.75, 3.05) is 4.90 Å². The molecule has 0 unspecified atom stereocenters. The first kappa shape index (κ1) is 29.5. The molecule has 0 aliphatic rings. The van der Waals surface area contributed by atoms with Crippen molar-refractivity contribution in [1.29, 1.82) is 0 Å². The van der Waals surface area contributed by atoms with E-state index >= 15 is 0 Å². The Kier molecular flexibility index (Phi) is 7.53. The molecule has 0 spiro atoms. The fourth-order valence-corrected chi connectivity index (χ4v) is 7.17. The molecule has 0 bridgehead atoms. The Balaban J connectivity index is 1.20. The van der Waals surface area contributed by atoms with Gasteiger partial charge in [-0.15, -0.1) is 0 Å². The molecule has 0 atom stereocenters. The molecule has 0 aliphatic carbocycles. The Morgan fingerprint density at radius 1 is 0.280 bits per heavy atom. The summed E-state index contributed by atoms with van der Waals surface area (Å²) in [5, 5.41) is 2.46. The molecule has 2 nitrogen and oxygen atoms in total. The fourth-order valence-electron chi connectivity index (χ4n) is 7.17. The summed E-state index contributed by atoms with van der Waals surface area (Å²) in [7, 11) is 0. The van der Waals surface area contributed by atoms with Gasteiger partial charge in [-0.2, -0.15) is 0 Å². The van der Waals surface area contributed by atoms with Crippen LogP contribution in [0.15, 0.2) is 206 Å². The van der Waals surface area contributed by atoms with E-state index in [4.69, 9.17) is 0 Å². The van der Waals surface area contributed by atoms with E-state index in [1.807, 2.05) is 0 Å². The van der Waals surface area contributed by atoms with Crippen LogP contribution in [0, 0.1) is 0 Å². The maximum atomic E-state index is 2.39. The van der Waals surface area contributed by atoms with E-state index in [1.165, 1.54) is 55.2 Å². The van der Waals surface area contributed by atoms with Gasteiger partial charge in [-0.25, -0.2) is 0 Å². The van der Waals surface area contributed by atoms with Crippen LogP contribution in [0.3, 0.4) is 0 Å². The standard InChI is InChI=1S/C48H34N2/c1-4-14-35(15-5-1)37-26-28-38(29-27-37)40-19-13-23-43(33-40)49(42-22-12-18-39(32-42)36-16-6-2-7-17-36)44-30-31-48-46(34-44)45-24-10-11-25-47(45)50(48)41-20-8-3-9-21-41/h1-34H. The Morgan fingerprint density at radius 3 is 1.34 bits per heavy atom. The maximum Gasteiger partial charge on any atom is 0.0542 e. The van der Waals surface area contributed by atoms with Crippen molar-refractivity contribution in [3.05, 3.63) is 206 Å². The lowest BCUT2D eigenvalue weighted by molar-refractivity contribution is 1.18. The highest BCUT2D eigenvalue weighted by Gasteiger charge is 2.18. The number of hydrogen-bond donors (Lipinski definition) is 0. The van der Waals surface area contributed by atoms with Crippen molar-refractivity contribution in [2.24, 2.45) is 0 Å². The average molecular weight is 639 g/mol. The van der Waals surface area contributed by atoms with Crippen LogP contribution < -0.4 is 4.90 Å². The van der Waals surface area contributed by atoms with Crippen LogP contribution in [0.2, 0.25) is 0 Å². The van der Waals surface area contributed by atoms with Crippen LogP contribution in [-0.2, 0) is 0 Å². The van der Waals surface area contributed by atoms with Gasteiger partial charge in [0.05, 0.1) is 11.0 Å². The van der Waals surface area contributed by atoms with Crippen molar-refractivity contribution in [3.63, 3.8) is 0 Å². The van der Waals surface area contributed by atoms with Crippen LogP contribution in [-0.4, -0.2) is 4.57 Å². The van der Waals surface area contributed by atoms with Crippen molar-refractivity contribution >= 4 is 38.9 Å². The number of rotatable bonds is 7. The van der Waals surface area contributed by atoms with Gasteiger partial charge >= 0.3 is 0 Å². The molecule has 236 valence electrons. The summed E-state index contributed by atoms with van der Waals surface area (Å²) in [6, 6.07) is 74.1. The SMILES string of the molecule is c1ccc(-c2ccc(-c3cccc(N(c4cccc(-c5ccccc5)c4)c4ccc5c(c4)c4ccccc4n5-c4ccccc4)c3)cc2)cc1. The minimum absolute atomic E-state index is 1.10. The molecule has 0 saturated heterocycles. The molecule has 1 heterocycles. The summed E-state index contributed by atoms with van der Waals surface area (Å²) in [5.74, 6) is 0. The van der Waals surface area contributed by atoms with E-state index in [-0.39, 0.29) is 0 Å². The number of hydrogen-bond acceptors (Lipinski definition) is 1. The largest absolute Gasteiger partial charge is 0.310 e. The minimum Gasteiger partial charge on any atom is -0.310 e. The zero-order chi connectivity index (χ0) is 33.3. The number of aromatic nitrogens is 1. The summed E-state index contributed by atoms with van der Waals surface area (Å²) in [5.41, 5.74) is 14.0. The van der Waals surface area contributed by atoms with E-state index in [0.29, 0.717) is 0 Å². The van der Waals surface area contributed by atoms with Crippen LogP contribution in [0.5, 0.6) is 0 Å². The van der Waals surface area contributed by atoms with Crippen LogP contribution in [0.1, 0.15) is 0 Å². The number of benzene rings is 8. The molecular weight excluding hydrogens is 605 g/mol. The van der Waals surface area contributed by atoms with Gasteiger partial charge in [-0.1, -0.05) is 146 Å². The first-order valence-corrected chi connectivity index (χ1v) is 17.1. The third-order valence-corrected chi connectivity index (χ3v) is 9.57. The third-order valence-electron chi connectivity index (χ3n) is 9.57. The Morgan fingerprint density at radius 2 is 0.720 bits per heavy atom. The molecule has 0 fully saturated rings. The molecule has 0 N–H and O–H groups in total. The fraction of sp³-hybridized carbons (Fsp3) is 0. The molecule has 0 saturated carbocycles. The summed E-state index contributed by atoms with van der Waals surface area (Å²) in [6.07, 6.45) is 0. The molecule has 1 aromatic heterocycles. The topological polar surface area (TPSA) is 8.17 Å². The molecule has 0 aliphatic heterocycles. The number of anilines is 3. The lowest BCUT2D eigenvalue weighted by Gasteiger charge is -2.27. The van der Waals surface area contributed by atoms with Gasteiger partial charge < -0.3 is 9.47 Å². The van der Waals surface area contributed by atoms with E-state index in [1.54, 1.807) is 0 Å². The second-order valence-electron chi connectivity index (χ2n) is 12.6. The van der Waals surface area contributed by atoms with Crippen molar-refractivity contribution in [1.82, 2.24) is 4.57 Å². The Bertz CT molecular complexity index is 2570. The normalized spacial score (nSPS) is 11.2. The molecular formula is C48H34N2. The van der Waals surface area contributed by atoms with Crippen LogP contribution >= 0.6 is 0 Å². The summed E-state index contributed by atoms with van der Waals surface area (Å²) in [6.45, 7) is 0. The van der Waals surface area contributed by atoms with E-state index in [2.05, 4.69) is 216 Å². The van der Waals surface area contributed by atoms with Crippen LogP contribution in [0.25, 0.3) is 60.9 Å². The van der Waals surface area contributed by atoms with Crippen molar-refractivity contribution in [3.8, 4) is 39.1 Å². The van der Waals surface area contributed by atoms with Gasteiger partial charge in [0.1, 0.15) is 0 Å². The first-order chi connectivity index (χ1) is 24.8. The predicted octanol–water partition coefficient (Wildman–Crippen LogP) is 13.3.